The molecule has 5 aliphatic rings. The van der Waals surface area contributed by atoms with E-state index >= 15 is 0 Å². The van der Waals surface area contributed by atoms with E-state index in [-0.39, 0.29) is 24.2 Å². The molecule has 0 aliphatic carbocycles. The molecule has 29 nitrogen and oxygen atoms in total. The Labute approximate surface area is 483 Å². The lowest BCUT2D eigenvalue weighted by atomic mass is 9.90. The average molecular weight is 1210 g/mol. The molecule has 5 saturated heterocycles. The lowest BCUT2D eigenvalue weighted by Gasteiger charge is -2.50. The number of Topliss-reactive ketones (excluding diaryl/α,β-unsaturated/α-hetero) is 1. The van der Waals surface area contributed by atoms with Gasteiger partial charge in [0.2, 0.25) is 5.91 Å². The van der Waals surface area contributed by atoms with Crippen molar-refractivity contribution in [2.24, 2.45) is 17.8 Å². The summed E-state index contributed by atoms with van der Waals surface area (Å²) in [6, 6.07) is -1.35. The van der Waals surface area contributed by atoms with Gasteiger partial charge in [0.1, 0.15) is 110 Å². The molecule has 0 radical (unpaired) electrons. The summed E-state index contributed by atoms with van der Waals surface area (Å²) in [5.41, 5.74) is 0. The maximum absolute atomic E-state index is 13.0. The lowest BCUT2D eigenvalue weighted by Crippen LogP contribution is -2.68. The zero-order valence-electron chi connectivity index (χ0n) is 48.1. The number of hydrogen-bond donors (Lipinski definition) is 16. The molecule has 5 aliphatic heterocycles. The highest BCUT2D eigenvalue weighted by atomic mass is 16.8. The summed E-state index contributed by atoms with van der Waals surface area (Å²) in [6.07, 6.45) is -28.9. The summed E-state index contributed by atoms with van der Waals surface area (Å²) in [5, 5.41) is 162. The van der Waals surface area contributed by atoms with E-state index in [1.54, 1.807) is 0 Å². The number of ether oxygens (including phenoxy) is 11. The van der Waals surface area contributed by atoms with Crippen LogP contribution in [0.4, 0.5) is 0 Å². The number of amides is 1. The van der Waals surface area contributed by atoms with Crippen LogP contribution in [0.3, 0.4) is 0 Å². The van der Waals surface area contributed by atoms with Gasteiger partial charge in [0.15, 0.2) is 31.5 Å². The van der Waals surface area contributed by atoms with E-state index in [0.717, 1.165) is 58.3 Å². The molecule has 0 aromatic rings. The van der Waals surface area contributed by atoms with E-state index in [2.05, 4.69) is 5.32 Å². The van der Waals surface area contributed by atoms with E-state index in [4.69, 9.17) is 52.1 Å². The minimum atomic E-state index is -2.02. The molecule has 29 heteroatoms. The first-order valence-electron chi connectivity index (χ1n) is 29.2. The molecule has 0 bridgehead atoms. The molecule has 0 aromatic heterocycles. The third-order valence-corrected chi connectivity index (χ3v) is 16.4. The Bertz CT molecular complexity index is 1840. The van der Waals surface area contributed by atoms with Crippen LogP contribution in [0.1, 0.15) is 105 Å². The Morgan fingerprint density at radius 1 is 0.554 bits per heavy atom. The van der Waals surface area contributed by atoms with Gasteiger partial charge in [-0.25, -0.2) is 0 Å². The second-order valence-electron chi connectivity index (χ2n) is 22.8. The van der Waals surface area contributed by atoms with Crippen LogP contribution in [0.5, 0.6) is 0 Å². The van der Waals surface area contributed by atoms with Crippen molar-refractivity contribution in [3.05, 3.63) is 0 Å². The van der Waals surface area contributed by atoms with Gasteiger partial charge in [-0.05, 0) is 25.2 Å². The molecule has 5 fully saturated rings. The number of aliphatic hydroxyl groups excluding tert-OH is 15. The smallest absolute Gasteiger partial charge is 0.217 e. The third kappa shape index (κ3) is 19.5. The molecule has 486 valence electrons. The van der Waals surface area contributed by atoms with Crippen molar-refractivity contribution in [1.29, 1.82) is 0 Å². The fourth-order valence-corrected chi connectivity index (χ4v) is 11.2. The normalized spacial score (nSPS) is 40.3. The van der Waals surface area contributed by atoms with Gasteiger partial charge in [0, 0.05) is 51.9 Å². The van der Waals surface area contributed by atoms with Gasteiger partial charge in [0.25, 0.3) is 0 Å². The summed E-state index contributed by atoms with van der Waals surface area (Å²) >= 11 is 0. The van der Waals surface area contributed by atoms with Gasteiger partial charge in [-0.1, -0.05) is 65.7 Å². The van der Waals surface area contributed by atoms with Gasteiger partial charge in [-0.3, -0.25) is 9.59 Å². The number of hydrogen-bond acceptors (Lipinski definition) is 28. The van der Waals surface area contributed by atoms with E-state index in [1.165, 1.54) is 14.0 Å². The number of unbranched alkanes of at least 4 members (excludes halogenated alkanes) is 6. The Hall–Kier alpha value is -1.90. The van der Waals surface area contributed by atoms with Crippen LogP contribution >= 0.6 is 0 Å². The molecule has 0 aromatic carbocycles. The highest BCUT2D eigenvalue weighted by molar-refractivity contribution is 5.80. The number of carbonyl (C=O) groups is 2. The average Bonchev–Trinajstić information content (AvgIpc) is 3.67. The molecule has 16 N–H and O–H groups in total. The largest absolute Gasteiger partial charge is 0.394 e. The standard InChI is InChI=1S/C54H97NO28/c1-25(18-29(62)26(2)15-11-7-9-13-17-74-52-43(70)41(68)46(73-5)33(22-58)77-52)14-10-6-8-12-16-75-53-44(71)42(69)47(34(23-59)78-53)82-54-45(72)50(48(35(24-60)79-54)83-51-27(3)38(65)40(67)32(21-57)76-51)81-36-19-30(63)37(55-28(4)61)49(80-36)39(66)31(64)20-56/h25-27,30-54,56-60,63-72H,6-24H2,1-5H3,(H,55,61)/t25-,26+,27?,30?,31-,32?,33?,34?,35?,36?,37-,38-,39-,40+,41-,42-,43?,44?,45?,46-,47-,48+,49-,50-,51+,52-,53-,54+/m1/s1. The molecular formula is C54H97NO28. The predicted octanol–water partition coefficient (Wildman–Crippen LogP) is -4.95. The second kappa shape index (κ2) is 35.3. The number of methoxy groups -OCH3 is 1. The van der Waals surface area contributed by atoms with Crippen LogP contribution in [0.2, 0.25) is 0 Å². The maximum Gasteiger partial charge on any atom is 0.217 e. The molecular weight excluding hydrogens is 1110 g/mol. The van der Waals surface area contributed by atoms with Gasteiger partial charge in [-0.2, -0.15) is 0 Å². The monoisotopic (exact) mass is 1210 g/mol. The number of carbonyl (C=O) groups excluding carboxylic acids is 2. The van der Waals surface area contributed by atoms with Crippen LogP contribution < -0.4 is 5.32 Å². The first-order valence-corrected chi connectivity index (χ1v) is 29.2. The minimum Gasteiger partial charge on any atom is -0.394 e. The number of rotatable bonds is 34. The molecule has 5 heterocycles. The van der Waals surface area contributed by atoms with Gasteiger partial charge >= 0.3 is 0 Å². The third-order valence-electron chi connectivity index (χ3n) is 16.4. The number of aliphatic hydroxyl groups is 15. The van der Waals surface area contributed by atoms with Crippen LogP contribution in [0.15, 0.2) is 0 Å². The molecule has 0 saturated carbocycles. The maximum atomic E-state index is 13.0. The minimum absolute atomic E-state index is 0.0847. The Kier molecular flexibility index (Phi) is 30.6. The van der Waals surface area contributed by atoms with E-state index in [1.807, 2.05) is 13.8 Å². The zero-order chi connectivity index (χ0) is 61.2. The van der Waals surface area contributed by atoms with Gasteiger partial charge in [0.05, 0.1) is 51.3 Å². The van der Waals surface area contributed by atoms with E-state index in [9.17, 15) is 86.2 Å². The number of nitrogens with one attached hydrogen (secondary N) is 1. The Morgan fingerprint density at radius 3 is 1.61 bits per heavy atom. The highest BCUT2D eigenvalue weighted by Crippen LogP contribution is 2.37. The molecule has 0 spiro atoms. The van der Waals surface area contributed by atoms with Crippen molar-refractivity contribution < 1.29 is 138 Å². The van der Waals surface area contributed by atoms with Gasteiger partial charge < -0.3 is 134 Å². The molecule has 1 amide bonds. The quantitative estimate of drug-likeness (QED) is 0.0268. The Balaban J connectivity index is 1.09. The van der Waals surface area contributed by atoms with Crippen LogP contribution in [-0.2, 0) is 61.7 Å². The fourth-order valence-electron chi connectivity index (χ4n) is 11.2. The van der Waals surface area contributed by atoms with Crippen molar-refractivity contribution in [1.82, 2.24) is 5.32 Å². The zero-order valence-corrected chi connectivity index (χ0v) is 48.1. The van der Waals surface area contributed by atoms with E-state index < -0.39 is 205 Å². The SMILES string of the molecule is CO[C@@H]1C(CO)O[C@@H](OCCCCCC[C@H](C)C(=O)C[C@H](C)CCCCCCO[C@@H]2OC(CO)[C@@H](O[C@@H]3OC(CO)[C@H](O[C@@H]4OC(CO)[C@H](O)[C@H](O)C4C)[C@H](OC4CC(O)[C@@H](NC(C)=O)[C@H]([C@H](O)[C@H](O)CO)O4)C3O)[C@H](O)C2O)C(O)[C@H]1O. The van der Waals surface area contributed by atoms with Crippen molar-refractivity contribution >= 4 is 11.7 Å². The lowest BCUT2D eigenvalue weighted by molar-refractivity contribution is -0.391. The first kappa shape index (κ1) is 71.8. The molecule has 10 unspecified atom stereocenters. The predicted molar refractivity (Wildman–Crippen MR) is 282 cm³/mol. The summed E-state index contributed by atoms with van der Waals surface area (Å²) in [6.45, 7) is 3.16. The van der Waals surface area contributed by atoms with Crippen molar-refractivity contribution in [2.75, 3.05) is 53.4 Å². The van der Waals surface area contributed by atoms with Crippen LogP contribution in [0.25, 0.3) is 0 Å². The summed E-state index contributed by atoms with van der Waals surface area (Å²) < 4.78 is 64.2. The topological polar surface area (TPSA) is 451 Å². The Morgan fingerprint density at radius 2 is 1.06 bits per heavy atom. The molecule has 5 rings (SSSR count). The van der Waals surface area contributed by atoms with Gasteiger partial charge in [-0.15, -0.1) is 0 Å². The van der Waals surface area contributed by atoms with Crippen LogP contribution in [0, 0.1) is 17.8 Å². The molecule has 83 heavy (non-hydrogen) atoms. The van der Waals surface area contributed by atoms with Crippen molar-refractivity contribution in [3.8, 4) is 0 Å². The summed E-state index contributed by atoms with van der Waals surface area (Å²) in [4.78, 5) is 25.1. The first-order chi connectivity index (χ1) is 39.5. The highest BCUT2D eigenvalue weighted by Gasteiger charge is 2.56. The summed E-state index contributed by atoms with van der Waals surface area (Å²) in [5.74, 6) is -1.36. The number of ketones is 1. The fraction of sp³-hybridized carbons (Fsp3) is 0.963. The molecule has 28 atom stereocenters. The van der Waals surface area contributed by atoms with Crippen molar-refractivity contribution in [2.45, 2.75) is 258 Å². The second-order valence-corrected chi connectivity index (χ2v) is 22.8. The van der Waals surface area contributed by atoms with E-state index in [0.29, 0.717) is 25.9 Å². The van der Waals surface area contributed by atoms with Crippen molar-refractivity contribution in [3.63, 3.8) is 0 Å². The summed E-state index contributed by atoms with van der Waals surface area (Å²) in [7, 11) is 1.36. The van der Waals surface area contributed by atoms with Crippen LogP contribution in [-0.4, -0.2) is 295 Å².